The Bertz CT molecular complexity index is 1360. The summed E-state index contributed by atoms with van der Waals surface area (Å²) in [6.07, 6.45) is 3.20. The van der Waals surface area contributed by atoms with E-state index in [1.54, 1.807) is 45.2 Å². The minimum absolute atomic E-state index is 0.338. The van der Waals surface area contributed by atoms with E-state index in [4.69, 9.17) is 18.8 Å². The van der Waals surface area contributed by atoms with Crippen molar-refractivity contribution in [3.8, 4) is 22.6 Å². The number of nitrogens with zero attached hydrogens (tertiary/aromatic N) is 1. The largest absolute Gasteiger partial charge is 0.636 e. The van der Waals surface area contributed by atoms with Crippen LogP contribution in [-0.4, -0.2) is 46.6 Å². The zero-order valence-corrected chi connectivity index (χ0v) is 23.5. The number of aliphatic hydroxyl groups is 3. The lowest BCUT2D eigenvalue weighted by molar-refractivity contribution is 0.0552. The van der Waals surface area contributed by atoms with Gasteiger partial charge in [-0.25, -0.2) is 0 Å². The van der Waals surface area contributed by atoms with Gasteiger partial charge in [0.15, 0.2) is 0 Å². The molecular formula is C31H36BNO7. The van der Waals surface area contributed by atoms with Crippen LogP contribution in [0.5, 0.6) is 11.5 Å². The van der Waals surface area contributed by atoms with E-state index >= 15 is 0 Å². The summed E-state index contributed by atoms with van der Waals surface area (Å²) < 4.78 is 22.7. The molecular weight excluding hydrogens is 509 g/mol. The van der Waals surface area contributed by atoms with E-state index in [9.17, 15) is 15.3 Å². The number of aryl methyl sites for hydroxylation is 2. The predicted molar refractivity (Wildman–Crippen MR) is 155 cm³/mol. The number of rotatable bonds is 9. The van der Waals surface area contributed by atoms with Gasteiger partial charge in [0.05, 0.1) is 24.6 Å². The summed E-state index contributed by atoms with van der Waals surface area (Å²) in [6.45, 7) is 8.47. The summed E-state index contributed by atoms with van der Waals surface area (Å²) in [5.41, 5.74) is 5.20. The van der Waals surface area contributed by atoms with E-state index in [2.05, 4.69) is 25.1 Å². The second-order valence-electron chi connectivity index (χ2n) is 10.6. The molecule has 0 unspecified atom stereocenters. The van der Waals surface area contributed by atoms with Crippen LogP contribution in [0.2, 0.25) is 0 Å². The van der Waals surface area contributed by atoms with E-state index in [0.717, 1.165) is 33.6 Å². The first-order valence-corrected chi connectivity index (χ1v) is 13.1. The average molecular weight is 545 g/mol. The highest BCUT2D eigenvalue weighted by Crippen LogP contribution is 2.31. The monoisotopic (exact) mass is 545 g/mol. The highest BCUT2D eigenvalue weighted by atomic mass is 16.7. The molecule has 3 N–H and O–H groups in total. The molecule has 0 spiro atoms. The molecule has 0 radical (unpaired) electrons. The Balaban J connectivity index is 1.40. The highest BCUT2D eigenvalue weighted by Gasteiger charge is 2.29. The smallest absolute Gasteiger partial charge is 0.494 e. The molecule has 3 aromatic rings. The summed E-state index contributed by atoms with van der Waals surface area (Å²) >= 11 is 0. The van der Waals surface area contributed by atoms with Crippen LogP contribution in [0.4, 0.5) is 0 Å². The lowest BCUT2D eigenvalue weighted by Crippen LogP contribution is -2.37. The van der Waals surface area contributed by atoms with Gasteiger partial charge in [-0.2, -0.15) is 0 Å². The summed E-state index contributed by atoms with van der Waals surface area (Å²) in [6, 6.07) is 19.5. The third-order valence-corrected chi connectivity index (χ3v) is 6.37. The first kappa shape index (κ1) is 28.8. The van der Waals surface area contributed by atoms with Crippen molar-refractivity contribution in [1.82, 2.24) is 4.90 Å². The van der Waals surface area contributed by atoms with E-state index in [1.165, 1.54) is 17.3 Å². The summed E-state index contributed by atoms with van der Waals surface area (Å²) in [4.78, 5) is 1.42. The Hall–Kier alpha value is -4.24. The molecule has 0 saturated heterocycles. The van der Waals surface area contributed by atoms with E-state index in [0.29, 0.717) is 30.8 Å². The second kappa shape index (κ2) is 12.3. The van der Waals surface area contributed by atoms with Gasteiger partial charge in [-0.1, -0.05) is 30.3 Å². The molecule has 210 valence electrons. The van der Waals surface area contributed by atoms with E-state index in [1.807, 2.05) is 25.1 Å². The van der Waals surface area contributed by atoms with Gasteiger partial charge in [-0.3, -0.25) is 0 Å². The molecule has 0 atom stereocenters. The van der Waals surface area contributed by atoms with Gasteiger partial charge >= 0.3 is 7.12 Å². The maximum absolute atomic E-state index is 9.95. The Labute approximate surface area is 235 Å². The van der Waals surface area contributed by atoms with Gasteiger partial charge in [-0.05, 0) is 85.8 Å². The molecule has 9 heteroatoms. The van der Waals surface area contributed by atoms with Crippen LogP contribution in [0, 0.1) is 13.8 Å². The van der Waals surface area contributed by atoms with Crippen molar-refractivity contribution < 1.29 is 34.1 Å². The van der Waals surface area contributed by atoms with Crippen molar-refractivity contribution >= 4 is 12.6 Å². The lowest BCUT2D eigenvalue weighted by atomic mass is 9.79. The van der Waals surface area contributed by atoms with Crippen LogP contribution in [0.3, 0.4) is 0 Å². The number of hydrogen-bond donors (Lipinski definition) is 3. The maximum atomic E-state index is 9.95. The minimum atomic E-state index is -1.02. The molecule has 0 bridgehead atoms. The zero-order chi connectivity index (χ0) is 28.9. The Morgan fingerprint density at radius 2 is 1.55 bits per heavy atom. The Kier molecular flexibility index (Phi) is 8.85. The van der Waals surface area contributed by atoms with Gasteiger partial charge < -0.3 is 39.0 Å². The first-order chi connectivity index (χ1) is 19.0. The van der Waals surface area contributed by atoms with Gasteiger partial charge in [0.1, 0.15) is 18.1 Å². The quantitative estimate of drug-likeness (QED) is 0.304. The molecule has 0 aromatic heterocycles. The summed E-state index contributed by atoms with van der Waals surface area (Å²) in [7, 11) is 0.605. The normalized spacial score (nSPS) is 15.2. The van der Waals surface area contributed by atoms with Crippen molar-refractivity contribution in [2.24, 2.45) is 0 Å². The minimum Gasteiger partial charge on any atom is -0.494 e. The first-order valence-electron chi connectivity index (χ1n) is 13.1. The van der Waals surface area contributed by atoms with Gasteiger partial charge in [0.25, 0.3) is 11.9 Å². The Morgan fingerprint density at radius 3 is 2.20 bits per heavy atom. The summed E-state index contributed by atoms with van der Waals surface area (Å²) in [5.74, 6) is 0.803. The van der Waals surface area contributed by atoms with Crippen molar-refractivity contribution in [1.29, 1.82) is 0 Å². The molecule has 0 amide bonds. The zero-order valence-electron chi connectivity index (χ0n) is 23.5. The molecule has 40 heavy (non-hydrogen) atoms. The molecule has 0 saturated carbocycles. The fourth-order valence-corrected chi connectivity index (χ4v) is 4.21. The third kappa shape index (κ3) is 7.89. The molecule has 1 aliphatic rings. The van der Waals surface area contributed by atoms with Crippen LogP contribution < -0.4 is 14.9 Å². The molecule has 8 nitrogen and oxygen atoms in total. The lowest BCUT2D eigenvalue weighted by Gasteiger charge is -2.20. The van der Waals surface area contributed by atoms with Crippen LogP contribution in [-0.2, 0) is 15.9 Å². The molecule has 4 rings (SSSR count). The van der Waals surface area contributed by atoms with Gasteiger partial charge in [0.2, 0.25) is 0 Å². The van der Waals surface area contributed by atoms with Gasteiger partial charge in [-0.15, -0.1) is 0 Å². The third-order valence-electron chi connectivity index (χ3n) is 6.37. The van der Waals surface area contributed by atoms with Crippen molar-refractivity contribution in [2.45, 2.75) is 46.3 Å². The molecule has 3 aromatic carbocycles. The number of benzene rings is 3. The van der Waals surface area contributed by atoms with Crippen LogP contribution in [0.1, 0.15) is 37.0 Å². The molecule has 0 fully saturated rings. The van der Waals surface area contributed by atoms with Crippen molar-refractivity contribution in [2.75, 3.05) is 13.7 Å². The fourth-order valence-electron chi connectivity index (χ4n) is 4.21. The van der Waals surface area contributed by atoms with Crippen LogP contribution in [0.25, 0.3) is 11.1 Å². The average Bonchev–Trinajstić information content (AvgIpc) is 2.87. The number of ether oxygens (including phenoxy) is 2. The van der Waals surface area contributed by atoms with Gasteiger partial charge in [0, 0.05) is 18.9 Å². The maximum Gasteiger partial charge on any atom is 0.636 e. The van der Waals surface area contributed by atoms with Crippen molar-refractivity contribution in [3.63, 3.8) is 0 Å². The van der Waals surface area contributed by atoms with E-state index in [-0.39, 0.29) is 11.9 Å². The number of aliphatic hydroxyl groups excluding tert-OH is 2. The highest BCUT2D eigenvalue weighted by molar-refractivity contribution is 6.61. The molecule has 1 heterocycles. The SMILES string of the molecule is Cc1cc(-c2cccc(COc3ccc(B4OC(O)=CN(C)/C=C(/O)O4)cc3)c2)c(C)cc1OCCC(C)(C)O. The van der Waals surface area contributed by atoms with Crippen LogP contribution in [0.15, 0.2) is 85.0 Å². The Morgan fingerprint density at radius 1 is 0.875 bits per heavy atom. The molecule has 0 aliphatic carbocycles. The second-order valence-corrected chi connectivity index (χ2v) is 10.6. The molecule has 1 aliphatic heterocycles. The predicted octanol–water partition coefficient (Wildman–Crippen LogP) is 5.48. The van der Waals surface area contributed by atoms with E-state index < -0.39 is 12.7 Å². The summed E-state index contributed by atoms with van der Waals surface area (Å²) in [5, 5.41) is 29.8. The topological polar surface area (TPSA) is 101 Å². The fraction of sp³-hybridized carbons (Fsp3) is 0.290. The van der Waals surface area contributed by atoms with Crippen molar-refractivity contribution in [3.05, 3.63) is 102 Å². The van der Waals surface area contributed by atoms with Crippen LogP contribution >= 0.6 is 0 Å². The number of hydrogen-bond acceptors (Lipinski definition) is 8. The standard InChI is InChI=1S/C31H36BNO7/c1-21-16-28(37-14-13-31(3,4)36)22(2)15-27(21)24-8-6-7-23(17-24)20-38-26-11-9-25(10-12-26)32-39-29(34)18-33(5)19-30(35)40-32/h6-12,15-19,34-36H,13-14,20H2,1-5H3/b29-18-,30-19?.